The quantitative estimate of drug-likeness (QED) is 0.639. The third-order valence-corrected chi connectivity index (χ3v) is 6.08. The molecule has 0 aromatic heterocycles. The molecule has 3 N–H and O–H groups in total. The molecule has 8 heteroatoms. The summed E-state index contributed by atoms with van der Waals surface area (Å²) in [4.78, 5) is 0.174. The molecule has 5 nitrogen and oxygen atoms in total. The van der Waals surface area contributed by atoms with Crippen molar-refractivity contribution < 1.29 is 8.42 Å². The summed E-state index contributed by atoms with van der Waals surface area (Å²) in [5.41, 5.74) is 1.20. The van der Waals surface area contributed by atoms with Crippen molar-refractivity contribution in [3.8, 4) is 0 Å². The highest BCUT2D eigenvalue weighted by molar-refractivity contribution is 7.92. The third kappa shape index (κ3) is 5.09. The van der Waals surface area contributed by atoms with Crippen LogP contribution in [0.3, 0.4) is 0 Å². The number of sulfonamides is 1. The third-order valence-electron chi connectivity index (χ3n) is 4.21. The van der Waals surface area contributed by atoms with Crippen LogP contribution in [-0.4, -0.2) is 19.6 Å². The van der Waals surface area contributed by atoms with E-state index in [4.69, 9.17) is 23.8 Å². The number of nitrogens with one attached hydrogen (secondary N) is 3. The van der Waals surface area contributed by atoms with Crippen LogP contribution in [0.25, 0.3) is 0 Å². The van der Waals surface area contributed by atoms with Crippen LogP contribution in [0.15, 0.2) is 53.4 Å². The van der Waals surface area contributed by atoms with E-state index < -0.39 is 10.0 Å². The fourth-order valence-electron chi connectivity index (χ4n) is 2.87. The maximum atomic E-state index is 12.4. The van der Waals surface area contributed by atoms with E-state index in [-0.39, 0.29) is 4.90 Å². The first-order valence-electron chi connectivity index (χ1n) is 8.38. The molecule has 2 aromatic carbocycles. The molecule has 0 amide bonds. The monoisotopic (exact) mass is 409 g/mol. The average molecular weight is 410 g/mol. The van der Waals surface area contributed by atoms with Gasteiger partial charge in [0.15, 0.2) is 5.11 Å². The Morgan fingerprint density at radius 1 is 0.962 bits per heavy atom. The Morgan fingerprint density at radius 2 is 1.54 bits per heavy atom. The van der Waals surface area contributed by atoms with Crippen LogP contribution >= 0.6 is 23.8 Å². The molecule has 0 spiro atoms. The number of anilines is 2. The second-order valence-corrected chi connectivity index (χ2v) is 8.74. The maximum absolute atomic E-state index is 12.4. The average Bonchev–Trinajstić information content (AvgIpc) is 3.10. The number of benzene rings is 2. The molecule has 0 unspecified atom stereocenters. The van der Waals surface area contributed by atoms with Gasteiger partial charge in [-0.15, -0.1) is 0 Å². The molecule has 0 aliphatic heterocycles. The zero-order chi connectivity index (χ0) is 18.6. The van der Waals surface area contributed by atoms with E-state index in [9.17, 15) is 8.42 Å². The van der Waals surface area contributed by atoms with Crippen molar-refractivity contribution in [2.45, 2.75) is 36.6 Å². The summed E-state index contributed by atoms with van der Waals surface area (Å²) in [5, 5.41) is 7.49. The number of halogens is 1. The van der Waals surface area contributed by atoms with Crippen molar-refractivity contribution in [2.24, 2.45) is 0 Å². The van der Waals surface area contributed by atoms with Crippen LogP contribution in [0.2, 0.25) is 5.02 Å². The van der Waals surface area contributed by atoms with E-state index in [0.717, 1.165) is 18.5 Å². The fourth-order valence-corrected chi connectivity index (χ4v) is 4.34. The standard InChI is InChI=1S/C18H20ClN3O2S2/c19-13-5-7-16(8-6-13)22-26(23,24)17-11-9-15(10-12-17)21-18(25)20-14-3-1-2-4-14/h5-12,14,22H,1-4H2,(H2,20,21,25). The first-order valence-corrected chi connectivity index (χ1v) is 10.7. The van der Waals surface area contributed by atoms with E-state index in [2.05, 4.69) is 15.4 Å². The van der Waals surface area contributed by atoms with Crippen molar-refractivity contribution in [1.82, 2.24) is 5.32 Å². The maximum Gasteiger partial charge on any atom is 0.261 e. The molecule has 1 fully saturated rings. The predicted molar refractivity (Wildman–Crippen MR) is 110 cm³/mol. The van der Waals surface area contributed by atoms with Gasteiger partial charge in [0, 0.05) is 22.4 Å². The highest BCUT2D eigenvalue weighted by Crippen LogP contribution is 2.20. The van der Waals surface area contributed by atoms with Gasteiger partial charge >= 0.3 is 0 Å². The minimum Gasteiger partial charge on any atom is -0.360 e. The summed E-state index contributed by atoms with van der Waals surface area (Å²) >= 11 is 11.1. The van der Waals surface area contributed by atoms with Gasteiger partial charge in [0.1, 0.15) is 0 Å². The zero-order valence-electron chi connectivity index (χ0n) is 14.0. The first kappa shape index (κ1) is 18.9. The second-order valence-electron chi connectivity index (χ2n) is 6.22. The van der Waals surface area contributed by atoms with Crippen LogP contribution in [0, 0.1) is 0 Å². The molecule has 1 saturated carbocycles. The van der Waals surface area contributed by atoms with E-state index in [1.807, 2.05) is 0 Å². The van der Waals surface area contributed by atoms with E-state index in [1.54, 1.807) is 48.5 Å². The molecule has 1 aliphatic rings. The number of hydrogen-bond acceptors (Lipinski definition) is 3. The normalized spacial score (nSPS) is 14.8. The largest absolute Gasteiger partial charge is 0.360 e. The van der Waals surface area contributed by atoms with Crippen LogP contribution in [-0.2, 0) is 10.0 Å². The summed E-state index contributed by atoms with van der Waals surface area (Å²) in [5.74, 6) is 0. The molecule has 3 rings (SSSR count). The van der Waals surface area contributed by atoms with Gasteiger partial charge in [-0.2, -0.15) is 0 Å². The van der Waals surface area contributed by atoms with Crippen molar-refractivity contribution in [3.05, 3.63) is 53.6 Å². The van der Waals surface area contributed by atoms with Crippen molar-refractivity contribution in [1.29, 1.82) is 0 Å². The van der Waals surface area contributed by atoms with Crippen LogP contribution in [0.1, 0.15) is 25.7 Å². The molecule has 0 atom stereocenters. The minimum atomic E-state index is -3.66. The van der Waals surface area contributed by atoms with Gasteiger partial charge < -0.3 is 10.6 Å². The van der Waals surface area contributed by atoms with Crippen molar-refractivity contribution >= 4 is 50.3 Å². The summed E-state index contributed by atoms with van der Waals surface area (Å²) < 4.78 is 27.4. The zero-order valence-corrected chi connectivity index (χ0v) is 16.4. The molecule has 0 radical (unpaired) electrons. The van der Waals surface area contributed by atoms with E-state index in [0.29, 0.717) is 21.9 Å². The molecule has 1 aliphatic carbocycles. The summed E-state index contributed by atoms with van der Waals surface area (Å²) in [6.07, 6.45) is 4.73. The number of thiocarbonyl (C=S) groups is 1. The molecule has 0 saturated heterocycles. The lowest BCUT2D eigenvalue weighted by molar-refractivity contribution is 0.601. The molecule has 2 aromatic rings. The Bertz CT molecular complexity index is 862. The van der Waals surface area contributed by atoms with Gasteiger partial charge in [0.05, 0.1) is 4.90 Å². The Labute approximate surface area is 164 Å². The Kier molecular flexibility index (Phi) is 6.01. The Hall–Kier alpha value is -1.83. The SMILES string of the molecule is O=S(=O)(Nc1ccc(Cl)cc1)c1ccc(NC(=S)NC2CCCC2)cc1. The number of hydrogen-bond donors (Lipinski definition) is 3. The lowest BCUT2D eigenvalue weighted by Gasteiger charge is -2.16. The molecule has 0 heterocycles. The summed E-state index contributed by atoms with van der Waals surface area (Å²) in [7, 11) is -3.66. The van der Waals surface area contributed by atoms with Gasteiger partial charge in [-0.25, -0.2) is 8.42 Å². The minimum absolute atomic E-state index is 0.174. The van der Waals surface area contributed by atoms with Gasteiger partial charge in [-0.3, -0.25) is 4.72 Å². The Balaban J connectivity index is 1.62. The summed E-state index contributed by atoms with van der Waals surface area (Å²) in [6, 6.07) is 13.4. The molecule has 0 bridgehead atoms. The Morgan fingerprint density at radius 3 is 2.15 bits per heavy atom. The van der Waals surface area contributed by atoms with Crippen LogP contribution in [0.5, 0.6) is 0 Å². The van der Waals surface area contributed by atoms with Gasteiger partial charge in [-0.1, -0.05) is 24.4 Å². The van der Waals surface area contributed by atoms with Crippen molar-refractivity contribution in [2.75, 3.05) is 10.0 Å². The molecule has 26 heavy (non-hydrogen) atoms. The van der Waals surface area contributed by atoms with Crippen molar-refractivity contribution in [3.63, 3.8) is 0 Å². The van der Waals surface area contributed by atoms with E-state index >= 15 is 0 Å². The highest BCUT2D eigenvalue weighted by atomic mass is 35.5. The molecular weight excluding hydrogens is 390 g/mol. The highest BCUT2D eigenvalue weighted by Gasteiger charge is 2.16. The molecule has 138 valence electrons. The van der Waals surface area contributed by atoms with Gasteiger partial charge in [0.25, 0.3) is 10.0 Å². The lowest BCUT2D eigenvalue weighted by Crippen LogP contribution is -2.35. The topological polar surface area (TPSA) is 70.2 Å². The van der Waals surface area contributed by atoms with E-state index in [1.165, 1.54) is 12.8 Å². The molecular formula is C18H20ClN3O2S2. The predicted octanol–water partition coefficient (Wildman–Crippen LogP) is 4.37. The van der Waals surface area contributed by atoms with Gasteiger partial charge in [-0.05, 0) is 73.6 Å². The lowest BCUT2D eigenvalue weighted by atomic mass is 10.2. The van der Waals surface area contributed by atoms with Gasteiger partial charge in [0.2, 0.25) is 0 Å². The van der Waals surface area contributed by atoms with Crippen LogP contribution in [0.4, 0.5) is 11.4 Å². The second kappa shape index (κ2) is 8.24. The summed E-state index contributed by atoms with van der Waals surface area (Å²) in [6.45, 7) is 0. The fraction of sp³-hybridized carbons (Fsp3) is 0.278. The first-order chi connectivity index (χ1) is 12.4. The van der Waals surface area contributed by atoms with Crippen LogP contribution < -0.4 is 15.4 Å². The smallest absolute Gasteiger partial charge is 0.261 e. The number of rotatable bonds is 5.